The summed E-state index contributed by atoms with van der Waals surface area (Å²) in [6.07, 6.45) is 1.78. The molecule has 0 bridgehead atoms. The van der Waals surface area contributed by atoms with Crippen molar-refractivity contribution < 1.29 is 0 Å². The lowest BCUT2D eigenvalue weighted by Crippen LogP contribution is -2.38. The second-order valence-corrected chi connectivity index (χ2v) is 4.60. The molecule has 0 aliphatic heterocycles. The van der Waals surface area contributed by atoms with E-state index in [0.29, 0.717) is 6.54 Å². The van der Waals surface area contributed by atoms with E-state index in [1.807, 2.05) is 36.4 Å². The van der Waals surface area contributed by atoms with Gasteiger partial charge >= 0.3 is 0 Å². The molecule has 4 N–H and O–H groups in total. The molecule has 0 aliphatic rings. The third-order valence-corrected chi connectivity index (χ3v) is 3.35. The second-order valence-electron chi connectivity index (χ2n) is 4.60. The number of hydrogen-bond donors (Lipinski definition) is 2. The van der Waals surface area contributed by atoms with E-state index in [-0.39, 0.29) is 0 Å². The summed E-state index contributed by atoms with van der Waals surface area (Å²) in [4.78, 5) is 0. The van der Waals surface area contributed by atoms with E-state index in [1.54, 1.807) is 0 Å². The lowest BCUT2D eigenvalue weighted by atomic mass is 9.80. The van der Waals surface area contributed by atoms with E-state index in [1.165, 1.54) is 0 Å². The molecule has 2 rings (SSSR count). The van der Waals surface area contributed by atoms with Gasteiger partial charge < -0.3 is 11.5 Å². The molecule has 0 heterocycles. The van der Waals surface area contributed by atoms with Gasteiger partial charge in [-0.3, -0.25) is 0 Å². The van der Waals surface area contributed by atoms with Gasteiger partial charge in [0.05, 0.1) is 5.54 Å². The monoisotopic (exact) mass is 240 g/mol. The molecule has 0 spiro atoms. The van der Waals surface area contributed by atoms with E-state index in [9.17, 15) is 0 Å². The van der Waals surface area contributed by atoms with Crippen LogP contribution in [0.5, 0.6) is 0 Å². The Morgan fingerprint density at radius 2 is 1.22 bits per heavy atom. The minimum atomic E-state index is -0.443. The summed E-state index contributed by atoms with van der Waals surface area (Å²) in [7, 11) is 0. The Morgan fingerprint density at radius 1 is 0.778 bits per heavy atom. The molecular formula is C16H20N2. The van der Waals surface area contributed by atoms with E-state index < -0.39 is 5.54 Å². The largest absolute Gasteiger partial charge is 0.330 e. The topological polar surface area (TPSA) is 52.0 Å². The molecule has 2 aromatic carbocycles. The maximum Gasteiger partial charge on any atom is 0.0666 e. The lowest BCUT2D eigenvalue weighted by Gasteiger charge is -2.31. The Bertz CT molecular complexity index is 425. The average molecular weight is 240 g/mol. The van der Waals surface area contributed by atoms with Crippen molar-refractivity contribution in [3.05, 3.63) is 71.8 Å². The second kappa shape index (κ2) is 5.80. The fraction of sp³-hybridized carbons (Fsp3) is 0.250. The predicted octanol–water partition coefficient (Wildman–Crippen LogP) is 2.63. The van der Waals surface area contributed by atoms with Gasteiger partial charge in [0.1, 0.15) is 0 Å². The molecule has 2 aromatic rings. The van der Waals surface area contributed by atoms with Gasteiger partial charge in [0, 0.05) is 0 Å². The van der Waals surface area contributed by atoms with Crippen molar-refractivity contribution in [2.75, 3.05) is 6.54 Å². The Balaban J connectivity index is 2.41. The highest BCUT2D eigenvalue weighted by Crippen LogP contribution is 2.31. The zero-order chi connectivity index (χ0) is 12.8. The summed E-state index contributed by atoms with van der Waals surface area (Å²) in [5.41, 5.74) is 14.2. The molecule has 0 saturated carbocycles. The summed E-state index contributed by atoms with van der Waals surface area (Å²) in [6, 6.07) is 20.5. The Morgan fingerprint density at radius 3 is 1.61 bits per heavy atom. The normalized spacial score (nSPS) is 11.4. The van der Waals surface area contributed by atoms with E-state index >= 15 is 0 Å². The molecule has 0 saturated heterocycles. The molecule has 0 amide bonds. The lowest BCUT2D eigenvalue weighted by molar-refractivity contribution is 0.476. The molecule has 0 atom stereocenters. The summed E-state index contributed by atoms with van der Waals surface area (Å²) in [5, 5.41) is 0. The molecule has 0 radical (unpaired) electrons. The van der Waals surface area contributed by atoms with E-state index in [4.69, 9.17) is 11.5 Å². The third kappa shape index (κ3) is 2.61. The molecule has 2 heteroatoms. The number of benzene rings is 2. The van der Waals surface area contributed by atoms with Crippen LogP contribution in [0, 0.1) is 0 Å². The third-order valence-electron chi connectivity index (χ3n) is 3.35. The van der Waals surface area contributed by atoms with Crippen LogP contribution in [0.4, 0.5) is 0 Å². The van der Waals surface area contributed by atoms with Crippen LogP contribution in [0.15, 0.2) is 60.7 Å². The first kappa shape index (κ1) is 12.8. The van der Waals surface area contributed by atoms with Gasteiger partial charge in [-0.1, -0.05) is 60.7 Å². The summed E-state index contributed by atoms with van der Waals surface area (Å²) in [6.45, 7) is 0.665. The molecular weight excluding hydrogens is 220 g/mol. The Hall–Kier alpha value is -1.64. The molecule has 94 valence electrons. The van der Waals surface area contributed by atoms with Crippen LogP contribution < -0.4 is 11.5 Å². The first-order chi connectivity index (χ1) is 8.77. The SMILES string of the molecule is NCCCC(N)(c1ccccc1)c1ccccc1. The van der Waals surface area contributed by atoms with Crippen LogP contribution in [0.25, 0.3) is 0 Å². The van der Waals surface area contributed by atoms with Crippen molar-refractivity contribution in [3.8, 4) is 0 Å². The minimum Gasteiger partial charge on any atom is -0.330 e. The van der Waals surface area contributed by atoms with Crippen molar-refractivity contribution in [1.82, 2.24) is 0 Å². The van der Waals surface area contributed by atoms with Crippen LogP contribution in [0.1, 0.15) is 24.0 Å². The van der Waals surface area contributed by atoms with Crippen LogP contribution in [-0.2, 0) is 5.54 Å². The molecule has 0 fully saturated rings. The quantitative estimate of drug-likeness (QED) is 0.844. The highest BCUT2D eigenvalue weighted by atomic mass is 14.7. The number of rotatable bonds is 5. The van der Waals surface area contributed by atoms with Gasteiger partial charge in [0.25, 0.3) is 0 Å². The standard InChI is InChI=1S/C16H20N2/c17-13-7-12-16(18,14-8-3-1-4-9-14)15-10-5-2-6-11-15/h1-6,8-11H,7,12-13,17-18H2. The van der Waals surface area contributed by atoms with Crippen LogP contribution in [-0.4, -0.2) is 6.54 Å². The molecule has 2 nitrogen and oxygen atoms in total. The maximum absolute atomic E-state index is 6.67. The van der Waals surface area contributed by atoms with Crippen LogP contribution in [0.3, 0.4) is 0 Å². The van der Waals surface area contributed by atoms with Crippen molar-refractivity contribution in [1.29, 1.82) is 0 Å². The maximum atomic E-state index is 6.67. The first-order valence-corrected chi connectivity index (χ1v) is 6.37. The fourth-order valence-corrected chi connectivity index (χ4v) is 2.31. The summed E-state index contributed by atoms with van der Waals surface area (Å²) in [5.74, 6) is 0. The smallest absolute Gasteiger partial charge is 0.0666 e. The molecule has 0 aromatic heterocycles. The Labute approximate surface area is 109 Å². The highest BCUT2D eigenvalue weighted by Gasteiger charge is 2.28. The van der Waals surface area contributed by atoms with Gasteiger partial charge in [-0.2, -0.15) is 0 Å². The number of hydrogen-bond acceptors (Lipinski definition) is 2. The highest BCUT2D eigenvalue weighted by molar-refractivity contribution is 5.37. The Kier molecular flexibility index (Phi) is 4.13. The number of nitrogens with two attached hydrogens (primary N) is 2. The van der Waals surface area contributed by atoms with Crippen LogP contribution >= 0.6 is 0 Å². The summed E-state index contributed by atoms with van der Waals surface area (Å²) >= 11 is 0. The zero-order valence-electron chi connectivity index (χ0n) is 10.5. The van der Waals surface area contributed by atoms with E-state index in [2.05, 4.69) is 24.3 Å². The molecule has 18 heavy (non-hydrogen) atoms. The van der Waals surface area contributed by atoms with Crippen molar-refractivity contribution in [3.63, 3.8) is 0 Å². The van der Waals surface area contributed by atoms with E-state index in [0.717, 1.165) is 24.0 Å². The molecule has 0 unspecified atom stereocenters. The van der Waals surface area contributed by atoms with Gasteiger partial charge in [-0.25, -0.2) is 0 Å². The van der Waals surface area contributed by atoms with Gasteiger partial charge in [-0.05, 0) is 30.5 Å². The first-order valence-electron chi connectivity index (χ1n) is 6.37. The predicted molar refractivity (Wildman–Crippen MR) is 76.1 cm³/mol. The molecule has 0 aliphatic carbocycles. The van der Waals surface area contributed by atoms with Crippen LogP contribution in [0.2, 0.25) is 0 Å². The van der Waals surface area contributed by atoms with Crippen molar-refractivity contribution in [2.24, 2.45) is 11.5 Å². The van der Waals surface area contributed by atoms with Crippen molar-refractivity contribution >= 4 is 0 Å². The van der Waals surface area contributed by atoms with Gasteiger partial charge in [-0.15, -0.1) is 0 Å². The van der Waals surface area contributed by atoms with Gasteiger partial charge in [0.15, 0.2) is 0 Å². The van der Waals surface area contributed by atoms with Gasteiger partial charge in [0.2, 0.25) is 0 Å². The zero-order valence-corrected chi connectivity index (χ0v) is 10.5. The van der Waals surface area contributed by atoms with Crippen molar-refractivity contribution in [2.45, 2.75) is 18.4 Å². The average Bonchev–Trinajstić information content (AvgIpc) is 2.46. The summed E-state index contributed by atoms with van der Waals surface area (Å²) < 4.78 is 0. The fourth-order valence-electron chi connectivity index (χ4n) is 2.31. The minimum absolute atomic E-state index is 0.443.